The summed E-state index contributed by atoms with van der Waals surface area (Å²) < 4.78 is 5.48. The van der Waals surface area contributed by atoms with Crippen molar-refractivity contribution in [3.63, 3.8) is 0 Å². The molecule has 2 rings (SSSR count). The molecule has 1 heterocycles. The number of pyridine rings is 1. The van der Waals surface area contributed by atoms with E-state index in [2.05, 4.69) is 4.98 Å². The number of nitrogens with two attached hydrogens (primary N) is 1. The van der Waals surface area contributed by atoms with Gasteiger partial charge in [0.2, 0.25) is 0 Å². The number of rotatable bonds is 2. The van der Waals surface area contributed by atoms with Crippen molar-refractivity contribution in [1.82, 2.24) is 4.98 Å². The highest BCUT2D eigenvalue weighted by Crippen LogP contribution is 2.28. The molecule has 0 radical (unpaired) electrons. The average molecular weight is 185 g/mol. The van der Waals surface area contributed by atoms with Gasteiger partial charge in [-0.25, -0.2) is 4.98 Å². The summed E-state index contributed by atoms with van der Waals surface area (Å²) >= 11 is 5.68. The van der Waals surface area contributed by atoms with E-state index in [4.69, 9.17) is 22.1 Å². The Kier molecular flexibility index (Phi) is 1.81. The second kappa shape index (κ2) is 2.83. The van der Waals surface area contributed by atoms with Crippen LogP contribution in [-0.4, -0.2) is 11.1 Å². The van der Waals surface area contributed by atoms with E-state index in [1.54, 1.807) is 12.1 Å². The Morgan fingerprint density at radius 1 is 1.50 bits per heavy atom. The van der Waals surface area contributed by atoms with Crippen LogP contribution < -0.4 is 10.5 Å². The van der Waals surface area contributed by atoms with Crippen molar-refractivity contribution in [2.75, 3.05) is 5.73 Å². The monoisotopic (exact) mass is 184 g/mol. The maximum atomic E-state index is 5.68. The van der Waals surface area contributed by atoms with Gasteiger partial charge in [-0.1, -0.05) is 11.6 Å². The van der Waals surface area contributed by atoms with Gasteiger partial charge in [-0.15, -0.1) is 0 Å². The number of ether oxygens (including phenoxy) is 1. The molecule has 0 bridgehead atoms. The Morgan fingerprint density at radius 3 is 2.83 bits per heavy atom. The second-order valence-corrected chi connectivity index (χ2v) is 3.25. The fraction of sp³-hybridized carbons (Fsp3) is 0.375. The number of hydrogen-bond acceptors (Lipinski definition) is 3. The first-order valence-electron chi connectivity index (χ1n) is 3.84. The lowest BCUT2D eigenvalue weighted by Gasteiger charge is -2.04. The first-order chi connectivity index (χ1) is 5.74. The summed E-state index contributed by atoms with van der Waals surface area (Å²) in [5, 5.41) is 0.380. The van der Waals surface area contributed by atoms with E-state index < -0.39 is 0 Å². The molecule has 1 saturated carbocycles. The highest BCUT2D eigenvalue weighted by Gasteiger charge is 2.23. The van der Waals surface area contributed by atoms with Crippen LogP contribution in [0.15, 0.2) is 12.1 Å². The van der Waals surface area contributed by atoms with Crippen LogP contribution in [0.2, 0.25) is 5.15 Å². The normalized spacial score (nSPS) is 16.1. The minimum absolute atomic E-state index is 0.364. The zero-order valence-corrected chi connectivity index (χ0v) is 7.21. The molecular formula is C8H9ClN2O. The van der Waals surface area contributed by atoms with Gasteiger partial charge in [0.1, 0.15) is 16.7 Å². The summed E-state index contributed by atoms with van der Waals surface area (Å²) in [7, 11) is 0. The first kappa shape index (κ1) is 7.68. The third-order valence-electron chi connectivity index (χ3n) is 1.61. The molecule has 0 amide bonds. The predicted molar refractivity (Wildman–Crippen MR) is 47.3 cm³/mol. The maximum Gasteiger partial charge on any atom is 0.135 e. The summed E-state index contributed by atoms with van der Waals surface area (Å²) in [5.74, 6) is 1.12. The van der Waals surface area contributed by atoms with Gasteiger partial charge in [-0.05, 0) is 12.8 Å². The summed E-state index contributed by atoms with van der Waals surface area (Å²) in [6.45, 7) is 0. The molecule has 0 spiro atoms. The van der Waals surface area contributed by atoms with Gasteiger partial charge in [0.15, 0.2) is 0 Å². The molecule has 4 heteroatoms. The molecule has 2 N–H and O–H groups in total. The number of nitrogen functional groups attached to an aromatic ring is 1. The van der Waals surface area contributed by atoms with Crippen molar-refractivity contribution >= 4 is 17.4 Å². The molecule has 12 heavy (non-hydrogen) atoms. The molecule has 0 unspecified atom stereocenters. The zero-order valence-electron chi connectivity index (χ0n) is 6.46. The van der Waals surface area contributed by atoms with Gasteiger partial charge in [-0.3, -0.25) is 0 Å². The lowest BCUT2D eigenvalue weighted by Crippen LogP contribution is -1.98. The van der Waals surface area contributed by atoms with Gasteiger partial charge in [-0.2, -0.15) is 0 Å². The smallest absolute Gasteiger partial charge is 0.135 e. The van der Waals surface area contributed by atoms with Crippen molar-refractivity contribution in [3.8, 4) is 5.75 Å². The SMILES string of the molecule is Nc1cc(OC2CC2)cc(Cl)n1. The number of anilines is 1. The average Bonchev–Trinajstić information content (AvgIpc) is 2.68. The van der Waals surface area contributed by atoms with Crippen molar-refractivity contribution < 1.29 is 4.74 Å². The van der Waals surface area contributed by atoms with Crippen LogP contribution in [0.5, 0.6) is 5.75 Å². The van der Waals surface area contributed by atoms with E-state index in [9.17, 15) is 0 Å². The van der Waals surface area contributed by atoms with Gasteiger partial charge < -0.3 is 10.5 Å². The molecule has 1 aromatic heterocycles. The fourth-order valence-corrected chi connectivity index (χ4v) is 1.14. The first-order valence-corrected chi connectivity index (χ1v) is 4.21. The van der Waals surface area contributed by atoms with Gasteiger partial charge in [0.25, 0.3) is 0 Å². The molecule has 3 nitrogen and oxygen atoms in total. The van der Waals surface area contributed by atoms with Crippen LogP contribution in [-0.2, 0) is 0 Å². The topological polar surface area (TPSA) is 48.1 Å². The van der Waals surface area contributed by atoms with Crippen LogP contribution in [0.25, 0.3) is 0 Å². The summed E-state index contributed by atoms with van der Waals surface area (Å²) in [6, 6.07) is 3.36. The molecule has 1 aliphatic carbocycles. The number of hydrogen-bond donors (Lipinski definition) is 1. The van der Waals surface area contributed by atoms with Crippen LogP contribution >= 0.6 is 11.6 Å². The van der Waals surface area contributed by atoms with Crippen LogP contribution in [0.4, 0.5) is 5.82 Å². The minimum atomic E-state index is 0.364. The van der Waals surface area contributed by atoms with E-state index >= 15 is 0 Å². The summed E-state index contributed by atoms with van der Waals surface area (Å²) in [6.07, 6.45) is 2.61. The quantitative estimate of drug-likeness (QED) is 0.714. The zero-order chi connectivity index (χ0) is 8.55. The lowest BCUT2D eigenvalue weighted by atomic mass is 10.4. The minimum Gasteiger partial charge on any atom is -0.490 e. The van der Waals surface area contributed by atoms with E-state index in [0.717, 1.165) is 18.6 Å². The number of halogens is 1. The van der Waals surface area contributed by atoms with Gasteiger partial charge in [0, 0.05) is 12.1 Å². The predicted octanol–water partition coefficient (Wildman–Crippen LogP) is 1.86. The Morgan fingerprint density at radius 2 is 2.25 bits per heavy atom. The lowest BCUT2D eigenvalue weighted by molar-refractivity contribution is 0.303. The van der Waals surface area contributed by atoms with Crippen molar-refractivity contribution in [3.05, 3.63) is 17.3 Å². The molecular weight excluding hydrogens is 176 g/mol. The van der Waals surface area contributed by atoms with E-state index in [-0.39, 0.29) is 0 Å². The van der Waals surface area contributed by atoms with Gasteiger partial charge in [0.05, 0.1) is 6.10 Å². The third kappa shape index (κ3) is 1.80. The Bertz CT molecular complexity index is 279. The molecule has 0 atom stereocenters. The number of aromatic nitrogens is 1. The van der Waals surface area contributed by atoms with Crippen LogP contribution in [0.3, 0.4) is 0 Å². The molecule has 1 fully saturated rings. The Hall–Kier alpha value is -0.960. The molecule has 0 aromatic carbocycles. The standard InChI is InChI=1S/C8H9ClN2O/c9-7-3-6(4-8(10)11-7)12-5-1-2-5/h3-5H,1-2H2,(H2,10,11). The molecule has 1 aromatic rings. The van der Waals surface area contributed by atoms with Crippen molar-refractivity contribution in [2.24, 2.45) is 0 Å². The van der Waals surface area contributed by atoms with Crippen LogP contribution in [0, 0.1) is 0 Å². The maximum absolute atomic E-state index is 5.68. The highest BCUT2D eigenvalue weighted by molar-refractivity contribution is 6.29. The second-order valence-electron chi connectivity index (χ2n) is 2.87. The Labute approximate surface area is 75.5 Å². The molecule has 0 saturated heterocycles. The molecule has 1 aliphatic rings. The van der Waals surface area contributed by atoms with E-state index in [0.29, 0.717) is 17.1 Å². The van der Waals surface area contributed by atoms with Gasteiger partial charge >= 0.3 is 0 Å². The fourth-order valence-electron chi connectivity index (χ4n) is 0.939. The number of nitrogens with zero attached hydrogens (tertiary/aromatic N) is 1. The largest absolute Gasteiger partial charge is 0.490 e. The Balaban J connectivity index is 2.18. The highest BCUT2D eigenvalue weighted by atomic mass is 35.5. The van der Waals surface area contributed by atoms with Crippen molar-refractivity contribution in [2.45, 2.75) is 18.9 Å². The summed E-state index contributed by atoms with van der Waals surface area (Å²) in [5.41, 5.74) is 5.48. The molecule has 64 valence electrons. The van der Waals surface area contributed by atoms with E-state index in [1.165, 1.54) is 0 Å². The van der Waals surface area contributed by atoms with Crippen molar-refractivity contribution in [1.29, 1.82) is 0 Å². The molecule has 0 aliphatic heterocycles. The van der Waals surface area contributed by atoms with E-state index in [1.807, 2.05) is 0 Å². The van der Waals surface area contributed by atoms with Crippen LogP contribution in [0.1, 0.15) is 12.8 Å². The summed E-state index contributed by atoms with van der Waals surface area (Å²) in [4.78, 5) is 3.83. The third-order valence-corrected chi connectivity index (χ3v) is 1.81.